The van der Waals surface area contributed by atoms with Crippen molar-refractivity contribution in [3.63, 3.8) is 0 Å². The lowest BCUT2D eigenvalue weighted by molar-refractivity contribution is -0.399. The summed E-state index contributed by atoms with van der Waals surface area (Å²) in [7, 11) is 0. The number of ether oxygens (including phenoxy) is 4. The highest BCUT2D eigenvalue weighted by molar-refractivity contribution is 5.57. The highest BCUT2D eigenvalue weighted by atomic mass is 19.2. The first-order chi connectivity index (χ1) is 15.1. The van der Waals surface area contributed by atoms with E-state index in [9.17, 15) is 18.3 Å². The smallest absolute Gasteiger partial charge is 0.197 e. The van der Waals surface area contributed by atoms with Crippen LogP contribution in [-0.2, 0) is 18.9 Å². The lowest BCUT2D eigenvalue weighted by Crippen LogP contribution is -2.66. The largest absolute Gasteiger partial charge is 0.385 e. The van der Waals surface area contributed by atoms with Crippen molar-refractivity contribution in [1.29, 1.82) is 0 Å². The fourth-order valence-corrected chi connectivity index (χ4v) is 4.70. The summed E-state index contributed by atoms with van der Waals surface area (Å²) in [5.74, 6) is -6.25. The van der Waals surface area contributed by atoms with Gasteiger partial charge < -0.3 is 24.1 Å². The topological polar surface area (TPSA) is 87.9 Å². The van der Waals surface area contributed by atoms with Crippen LogP contribution in [0.5, 0.6) is 0 Å². The monoisotopic (exact) mass is 455 g/mol. The molecule has 0 aliphatic carbocycles. The Labute approximate surface area is 182 Å². The molecule has 0 amide bonds. The predicted molar refractivity (Wildman–Crippen MR) is 103 cm³/mol. The Bertz CT molecular complexity index is 1010. The summed E-state index contributed by atoms with van der Waals surface area (Å²) in [6.07, 6.45) is -0.475. The maximum atomic E-state index is 13.7. The molecular weight excluding hydrogens is 431 g/mol. The number of aromatic nitrogens is 3. The molecule has 11 heteroatoms. The number of fused-ring (bicyclic) bond motifs is 1. The molecule has 8 nitrogen and oxygen atoms in total. The van der Waals surface area contributed by atoms with E-state index in [0.29, 0.717) is 13.0 Å². The molecular formula is C21H24F3N3O5. The molecule has 3 fully saturated rings. The summed E-state index contributed by atoms with van der Waals surface area (Å²) in [5.41, 5.74) is 0.124. The summed E-state index contributed by atoms with van der Waals surface area (Å²) in [4.78, 5) is 0. The zero-order chi connectivity index (χ0) is 22.8. The van der Waals surface area contributed by atoms with Crippen molar-refractivity contribution >= 4 is 0 Å². The lowest BCUT2D eigenvalue weighted by Gasteiger charge is -2.53. The fraction of sp³-hybridized carbons (Fsp3) is 0.619. The minimum atomic E-state index is -1.56. The Morgan fingerprint density at radius 3 is 2.47 bits per heavy atom. The lowest BCUT2D eigenvalue weighted by atomic mass is 9.86. The third-order valence-electron chi connectivity index (χ3n) is 6.18. The summed E-state index contributed by atoms with van der Waals surface area (Å²) >= 11 is 0. The fourth-order valence-electron chi connectivity index (χ4n) is 4.70. The van der Waals surface area contributed by atoms with Crippen LogP contribution in [0.3, 0.4) is 0 Å². The highest BCUT2D eigenvalue weighted by Gasteiger charge is 2.61. The van der Waals surface area contributed by atoms with Crippen molar-refractivity contribution in [3.05, 3.63) is 35.8 Å². The first-order valence-electron chi connectivity index (χ1n) is 10.5. The second-order valence-electron chi connectivity index (χ2n) is 9.15. The van der Waals surface area contributed by atoms with Crippen LogP contribution in [-0.4, -0.2) is 63.2 Å². The van der Waals surface area contributed by atoms with Crippen LogP contribution < -0.4 is 0 Å². The normalized spacial score (nSPS) is 36.4. The standard InChI is InChI=1S/C21H24F3N3O5/c1-10-6-21(30-8-10)19(28)17(18-15(31-21)9-29-20(2,3)32-18)27-7-14(25-26-27)11-4-12(22)16(24)13(23)5-11/h4-5,7,10,15,17-19,28H,6,8-9H2,1-3H3/t10?,15-,17?,18+,19-,21+/m1/s1. The van der Waals surface area contributed by atoms with Gasteiger partial charge in [-0.3, -0.25) is 0 Å². The molecule has 3 aliphatic heterocycles. The molecule has 1 spiro atoms. The number of rotatable bonds is 2. The van der Waals surface area contributed by atoms with Gasteiger partial charge in [-0.2, -0.15) is 0 Å². The third kappa shape index (κ3) is 3.52. The van der Waals surface area contributed by atoms with Gasteiger partial charge in [0.25, 0.3) is 0 Å². The summed E-state index contributed by atoms with van der Waals surface area (Å²) < 4.78 is 66.1. The van der Waals surface area contributed by atoms with E-state index >= 15 is 0 Å². The number of aliphatic hydroxyl groups is 1. The van der Waals surface area contributed by atoms with Gasteiger partial charge >= 0.3 is 0 Å². The van der Waals surface area contributed by atoms with E-state index in [1.165, 1.54) is 10.9 Å². The number of nitrogens with zero attached hydrogens (tertiary/aromatic N) is 3. The second-order valence-corrected chi connectivity index (χ2v) is 9.15. The zero-order valence-corrected chi connectivity index (χ0v) is 17.8. The molecule has 2 unspecified atom stereocenters. The van der Waals surface area contributed by atoms with Crippen LogP contribution in [0.15, 0.2) is 18.3 Å². The van der Waals surface area contributed by atoms with E-state index in [2.05, 4.69) is 10.3 Å². The average molecular weight is 455 g/mol. The SMILES string of the molecule is CC1CO[C@@]2(C1)O[C@@H]1COC(C)(C)O[C@@H]1C(n1cc(-c3cc(F)c(F)c(F)c3)nn1)[C@H]2O. The van der Waals surface area contributed by atoms with Crippen LogP contribution in [0.4, 0.5) is 13.2 Å². The van der Waals surface area contributed by atoms with Gasteiger partial charge in [0.15, 0.2) is 29.0 Å². The van der Waals surface area contributed by atoms with E-state index in [1.54, 1.807) is 13.8 Å². The van der Waals surface area contributed by atoms with Crippen molar-refractivity contribution in [1.82, 2.24) is 15.0 Å². The molecule has 0 radical (unpaired) electrons. The molecule has 2 aromatic rings. The Morgan fingerprint density at radius 2 is 1.81 bits per heavy atom. The summed E-state index contributed by atoms with van der Waals surface area (Å²) in [6, 6.07) is 0.902. The third-order valence-corrected chi connectivity index (χ3v) is 6.18. The zero-order valence-electron chi connectivity index (χ0n) is 17.8. The molecule has 3 aliphatic rings. The summed E-state index contributed by atoms with van der Waals surface area (Å²) in [6.45, 7) is 6.14. The van der Waals surface area contributed by atoms with Gasteiger partial charge in [-0.1, -0.05) is 12.1 Å². The van der Waals surface area contributed by atoms with Gasteiger partial charge in [0.1, 0.15) is 30.0 Å². The van der Waals surface area contributed by atoms with Gasteiger partial charge in [0, 0.05) is 12.0 Å². The highest BCUT2D eigenvalue weighted by Crippen LogP contribution is 2.47. The molecule has 32 heavy (non-hydrogen) atoms. The van der Waals surface area contributed by atoms with Gasteiger partial charge in [0.2, 0.25) is 0 Å². The van der Waals surface area contributed by atoms with Crippen LogP contribution in [0.2, 0.25) is 0 Å². The van der Waals surface area contributed by atoms with Gasteiger partial charge in [-0.05, 0) is 31.9 Å². The molecule has 4 heterocycles. The maximum Gasteiger partial charge on any atom is 0.197 e. The average Bonchev–Trinajstić information content (AvgIpc) is 3.35. The first-order valence-corrected chi connectivity index (χ1v) is 10.5. The maximum absolute atomic E-state index is 13.7. The van der Waals surface area contributed by atoms with Crippen molar-refractivity contribution < 1.29 is 37.2 Å². The van der Waals surface area contributed by atoms with Crippen molar-refractivity contribution in [2.24, 2.45) is 5.92 Å². The molecule has 5 rings (SSSR count). The van der Waals surface area contributed by atoms with Crippen molar-refractivity contribution in [2.75, 3.05) is 13.2 Å². The number of hydrogen-bond acceptors (Lipinski definition) is 7. The minimum Gasteiger partial charge on any atom is -0.385 e. The molecule has 3 saturated heterocycles. The number of aliphatic hydroxyl groups excluding tert-OH is 1. The Kier molecular flexibility index (Phi) is 5.10. The van der Waals surface area contributed by atoms with Gasteiger partial charge in [0.05, 0.1) is 19.4 Å². The van der Waals surface area contributed by atoms with Crippen LogP contribution >= 0.6 is 0 Å². The number of hydrogen-bond donors (Lipinski definition) is 1. The van der Waals surface area contributed by atoms with Crippen LogP contribution in [0.25, 0.3) is 11.3 Å². The van der Waals surface area contributed by atoms with E-state index < -0.39 is 53.4 Å². The minimum absolute atomic E-state index is 0.0134. The Hall–Kier alpha value is -2.05. The molecule has 1 aromatic heterocycles. The van der Waals surface area contributed by atoms with E-state index in [4.69, 9.17) is 18.9 Å². The first kappa shape index (κ1) is 21.8. The van der Waals surface area contributed by atoms with E-state index in [-0.39, 0.29) is 23.8 Å². The Balaban J connectivity index is 1.54. The van der Waals surface area contributed by atoms with Crippen LogP contribution in [0, 0.1) is 23.4 Å². The van der Waals surface area contributed by atoms with Crippen molar-refractivity contribution in [3.8, 4) is 11.3 Å². The second kappa shape index (κ2) is 7.49. The van der Waals surface area contributed by atoms with Crippen LogP contribution in [0.1, 0.15) is 33.2 Å². The number of halogens is 3. The predicted octanol–water partition coefficient (Wildman–Crippen LogP) is 2.57. The van der Waals surface area contributed by atoms with E-state index in [1.807, 2.05) is 6.92 Å². The quantitative estimate of drug-likeness (QED) is 0.697. The van der Waals surface area contributed by atoms with Crippen molar-refractivity contribution in [2.45, 2.75) is 63.1 Å². The molecule has 0 bridgehead atoms. The van der Waals surface area contributed by atoms with E-state index in [0.717, 1.165) is 12.1 Å². The molecule has 1 aromatic carbocycles. The number of benzene rings is 1. The summed E-state index contributed by atoms with van der Waals surface area (Å²) in [5, 5.41) is 19.5. The molecule has 6 atom stereocenters. The molecule has 174 valence electrons. The molecule has 0 saturated carbocycles. The Morgan fingerprint density at radius 1 is 1.09 bits per heavy atom. The molecule has 1 N–H and O–H groups in total. The van der Waals surface area contributed by atoms with Gasteiger partial charge in [-0.15, -0.1) is 5.10 Å². The van der Waals surface area contributed by atoms with Gasteiger partial charge in [-0.25, -0.2) is 17.9 Å².